The molecule has 0 amide bonds. The molecule has 0 saturated heterocycles. The first-order valence-electron chi connectivity index (χ1n) is 10.1. The predicted octanol–water partition coefficient (Wildman–Crippen LogP) is 6.34. The maximum atomic E-state index is 13.0. The third kappa shape index (κ3) is 4.16. The van der Waals surface area contributed by atoms with Crippen LogP contribution in [0.3, 0.4) is 0 Å². The lowest BCUT2D eigenvalue weighted by molar-refractivity contribution is 0.0987. The van der Waals surface area contributed by atoms with Crippen LogP contribution in [-0.2, 0) is 6.42 Å². The SMILES string of the molecule is COc1ccc(-c2ccc3c(N)c(C(=O)CCc4cccc(Cl)c4C)sc3n2)cc1OC. The number of aromatic nitrogens is 1. The van der Waals surface area contributed by atoms with Gasteiger partial charge in [0.1, 0.15) is 4.83 Å². The number of nitrogens with two attached hydrogens (primary N) is 1. The molecule has 5 nitrogen and oxygen atoms in total. The molecule has 164 valence electrons. The standard InChI is InChI=1S/C25H23ClN2O3S/c1-14-15(5-4-6-18(14)26)7-11-20(29)24-23(27)17-9-10-19(28-25(17)32-24)16-8-12-21(30-2)22(13-16)31-3/h4-6,8-10,12-13H,7,11,27H2,1-3H3. The van der Waals surface area contributed by atoms with Crippen molar-refractivity contribution in [2.45, 2.75) is 19.8 Å². The number of Topliss-reactive ketones (excluding diaryl/α,β-unsaturated/α-hetero) is 1. The van der Waals surface area contributed by atoms with E-state index in [1.54, 1.807) is 14.2 Å². The van der Waals surface area contributed by atoms with E-state index in [1.807, 2.05) is 55.5 Å². The predicted molar refractivity (Wildman–Crippen MR) is 131 cm³/mol. The summed E-state index contributed by atoms with van der Waals surface area (Å²) in [6, 6.07) is 15.2. The summed E-state index contributed by atoms with van der Waals surface area (Å²) in [6.07, 6.45) is 0.976. The number of nitrogens with zero attached hydrogens (tertiary/aromatic N) is 1. The number of carbonyl (C=O) groups excluding carboxylic acids is 1. The lowest BCUT2D eigenvalue weighted by atomic mass is 10.0. The Labute approximate surface area is 195 Å². The second-order valence-corrected chi connectivity index (χ2v) is 8.82. The van der Waals surface area contributed by atoms with Gasteiger partial charge in [-0.05, 0) is 60.9 Å². The Bertz CT molecular complexity index is 1320. The van der Waals surface area contributed by atoms with Crippen LogP contribution in [-0.4, -0.2) is 25.0 Å². The lowest BCUT2D eigenvalue weighted by Crippen LogP contribution is -2.03. The zero-order valence-electron chi connectivity index (χ0n) is 18.1. The minimum atomic E-state index is 0.0116. The highest BCUT2D eigenvalue weighted by molar-refractivity contribution is 7.21. The number of fused-ring (bicyclic) bond motifs is 1. The van der Waals surface area contributed by atoms with Crippen LogP contribution in [0.1, 0.15) is 27.2 Å². The summed E-state index contributed by atoms with van der Waals surface area (Å²) in [5, 5.41) is 1.50. The number of carbonyl (C=O) groups is 1. The number of ketones is 1. The van der Waals surface area contributed by atoms with Crippen molar-refractivity contribution in [3.05, 3.63) is 69.6 Å². The zero-order valence-corrected chi connectivity index (χ0v) is 19.6. The molecule has 0 saturated carbocycles. The van der Waals surface area contributed by atoms with Gasteiger partial charge >= 0.3 is 0 Å². The fraction of sp³-hybridized carbons (Fsp3) is 0.200. The van der Waals surface area contributed by atoms with Gasteiger partial charge in [-0.3, -0.25) is 4.79 Å². The number of hydrogen-bond donors (Lipinski definition) is 1. The van der Waals surface area contributed by atoms with Crippen molar-refractivity contribution in [3.63, 3.8) is 0 Å². The van der Waals surface area contributed by atoms with E-state index < -0.39 is 0 Å². The molecule has 0 bridgehead atoms. The highest BCUT2D eigenvalue weighted by atomic mass is 35.5. The van der Waals surface area contributed by atoms with E-state index >= 15 is 0 Å². The Morgan fingerprint density at radius 1 is 1.09 bits per heavy atom. The van der Waals surface area contributed by atoms with Crippen LogP contribution >= 0.6 is 22.9 Å². The Morgan fingerprint density at radius 2 is 1.88 bits per heavy atom. The van der Waals surface area contributed by atoms with Crippen molar-refractivity contribution < 1.29 is 14.3 Å². The molecule has 2 N–H and O–H groups in total. The van der Waals surface area contributed by atoms with E-state index in [9.17, 15) is 4.79 Å². The molecule has 0 spiro atoms. The van der Waals surface area contributed by atoms with Gasteiger partial charge in [-0.2, -0.15) is 0 Å². The van der Waals surface area contributed by atoms with Crippen molar-refractivity contribution in [2.24, 2.45) is 0 Å². The summed E-state index contributed by atoms with van der Waals surface area (Å²) in [7, 11) is 3.20. The fourth-order valence-corrected chi connectivity index (χ4v) is 4.90. The van der Waals surface area contributed by atoms with Gasteiger partial charge in [-0.15, -0.1) is 11.3 Å². The van der Waals surface area contributed by atoms with Crippen LogP contribution in [0, 0.1) is 6.92 Å². The molecule has 2 aromatic heterocycles. The summed E-state index contributed by atoms with van der Waals surface area (Å²) in [4.78, 5) is 19.0. The van der Waals surface area contributed by atoms with Crippen molar-refractivity contribution in [2.75, 3.05) is 20.0 Å². The number of nitrogen functional groups attached to an aromatic ring is 1. The van der Waals surface area contributed by atoms with Gasteiger partial charge in [0.2, 0.25) is 0 Å². The minimum absolute atomic E-state index is 0.0116. The molecular weight excluding hydrogens is 444 g/mol. The number of rotatable bonds is 7. The summed E-state index contributed by atoms with van der Waals surface area (Å²) < 4.78 is 10.7. The number of methoxy groups -OCH3 is 2. The van der Waals surface area contributed by atoms with Crippen molar-refractivity contribution in [3.8, 4) is 22.8 Å². The normalized spacial score (nSPS) is 11.0. The van der Waals surface area contributed by atoms with E-state index in [4.69, 9.17) is 31.8 Å². The number of ether oxygens (including phenoxy) is 2. The van der Waals surface area contributed by atoms with Gasteiger partial charge in [0.25, 0.3) is 0 Å². The van der Waals surface area contributed by atoms with Crippen LogP contribution in [0.4, 0.5) is 5.69 Å². The molecule has 4 rings (SSSR count). The average molecular weight is 467 g/mol. The molecule has 2 aromatic carbocycles. The molecule has 7 heteroatoms. The van der Waals surface area contributed by atoms with E-state index in [0.717, 1.165) is 32.6 Å². The van der Waals surface area contributed by atoms with Crippen molar-refractivity contribution in [1.29, 1.82) is 0 Å². The summed E-state index contributed by atoms with van der Waals surface area (Å²) >= 11 is 7.53. The smallest absolute Gasteiger partial charge is 0.175 e. The highest BCUT2D eigenvalue weighted by Gasteiger charge is 2.18. The monoisotopic (exact) mass is 466 g/mol. The van der Waals surface area contributed by atoms with Crippen molar-refractivity contribution >= 4 is 44.6 Å². The Balaban J connectivity index is 1.61. The maximum absolute atomic E-state index is 13.0. The quantitative estimate of drug-likeness (QED) is 0.321. The molecule has 0 aliphatic carbocycles. The second kappa shape index (κ2) is 9.18. The zero-order chi connectivity index (χ0) is 22.8. The third-order valence-electron chi connectivity index (χ3n) is 5.53. The molecule has 0 aliphatic heterocycles. The van der Waals surface area contributed by atoms with E-state index in [1.165, 1.54) is 11.3 Å². The van der Waals surface area contributed by atoms with Crippen molar-refractivity contribution in [1.82, 2.24) is 4.98 Å². The fourth-order valence-electron chi connectivity index (χ4n) is 3.65. The van der Waals surface area contributed by atoms with E-state index in [2.05, 4.69) is 0 Å². The number of halogens is 1. The van der Waals surface area contributed by atoms with Crippen LogP contribution in [0.2, 0.25) is 5.02 Å². The molecule has 0 radical (unpaired) electrons. The molecule has 2 heterocycles. The first kappa shape index (κ1) is 22.1. The van der Waals surface area contributed by atoms with Gasteiger partial charge in [-0.1, -0.05) is 23.7 Å². The molecule has 0 unspecified atom stereocenters. The van der Waals surface area contributed by atoms with Crippen LogP contribution in [0.15, 0.2) is 48.5 Å². The van der Waals surface area contributed by atoms with Crippen LogP contribution in [0.25, 0.3) is 21.5 Å². The van der Waals surface area contributed by atoms with Gasteiger partial charge in [0, 0.05) is 22.4 Å². The molecule has 0 atom stereocenters. The Kier molecular flexibility index (Phi) is 6.35. The topological polar surface area (TPSA) is 74.4 Å². The number of thiophene rings is 1. The van der Waals surface area contributed by atoms with Gasteiger partial charge < -0.3 is 15.2 Å². The van der Waals surface area contributed by atoms with E-state index in [-0.39, 0.29) is 5.78 Å². The summed E-state index contributed by atoms with van der Waals surface area (Å²) in [5.74, 6) is 1.29. The minimum Gasteiger partial charge on any atom is -0.493 e. The highest BCUT2D eigenvalue weighted by Crippen LogP contribution is 2.37. The lowest BCUT2D eigenvalue weighted by Gasteiger charge is -2.09. The van der Waals surface area contributed by atoms with Gasteiger partial charge in [0.05, 0.1) is 30.5 Å². The molecular formula is C25H23ClN2O3S. The number of benzene rings is 2. The first-order chi connectivity index (χ1) is 15.4. The van der Waals surface area contributed by atoms with Crippen LogP contribution in [0.5, 0.6) is 11.5 Å². The van der Waals surface area contributed by atoms with Gasteiger partial charge in [0.15, 0.2) is 17.3 Å². The number of hydrogen-bond acceptors (Lipinski definition) is 6. The first-order valence-corrected chi connectivity index (χ1v) is 11.3. The molecule has 4 aromatic rings. The number of pyridine rings is 1. The Hall–Kier alpha value is -3.09. The number of aryl methyl sites for hydroxylation is 1. The number of anilines is 1. The summed E-state index contributed by atoms with van der Waals surface area (Å²) in [6.45, 7) is 1.97. The molecule has 0 fully saturated rings. The third-order valence-corrected chi connectivity index (χ3v) is 7.09. The molecule has 0 aliphatic rings. The maximum Gasteiger partial charge on any atom is 0.175 e. The van der Waals surface area contributed by atoms with Gasteiger partial charge in [-0.25, -0.2) is 4.98 Å². The van der Waals surface area contributed by atoms with E-state index in [0.29, 0.717) is 39.9 Å². The largest absolute Gasteiger partial charge is 0.493 e. The Morgan fingerprint density at radius 3 is 2.62 bits per heavy atom. The second-order valence-electron chi connectivity index (χ2n) is 7.41. The van der Waals surface area contributed by atoms with Crippen LogP contribution < -0.4 is 15.2 Å². The molecule has 32 heavy (non-hydrogen) atoms. The average Bonchev–Trinajstić information content (AvgIpc) is 3.15. The summed E-state index contributed by atoms with van der Waals surface area (Å²) in [5.41, 5.74) is 10.6.